The van der Waals surface area contributed by atoms with Crippen LogP contribution in [0.5, 0.6) is 0 Å². The van der Waals surface area contributed by atoms with Gasteiger partial charge in [0.15, 0.2) is 0 Å². The van der Waals surface area contributed by atoms with E-state index in [2.05, 4.69) is 23.2 Å². The molecule has 2 atom stereocenters. The first kappa shape index (κ1) is 14.3. The molecule has 2 aliphatic rings. The molecule has 2 saturated heterocycles. The SMILES string of the molecule is Cc1cccc(C(N)=S)c1N1CCC2NC(=O)CCC2C1. The summed E-state index contributed by atoms with van der Waals surface area (Å²) in [4.78, 5) is 14.4. The van der Waals surface area contributed by atoms with Crippen molar-refractivity contribution in [3.63, 3.8) is 0 Å². The third-order valence-corrected chi connectivity index (χ3v) is 4.86. The largest absolute Gasteiger partial charge is 0.389 e. The minimum atomic E-state index is 0.199. The average molecular weight is 303 g/mol. The minimum Gasteiger partial charge on any atom is -0.389 e. The summed E-state index contributed by atoms with van der Waals surface area (Å²) < 4.78 is 0. The number of fused-ring (bicyclic) bond motifs is 1. The molecule has 2 fully saturated rings. The number of carbonyl (C=O) groups is 1. The lowest BCUT2D eigenvalue weighted by molar-refractivity contribution is -0.124. The molecule has 2 aliphatic heterocycles. The lowest BCUT2D eigenvalue weighted by Crippen LogP contribution is -2.54. The van der Waals surface area contributed by atoms with E-state index in [1.165, 1.54) is 11.3 Å². The van der Waals surface area contributed by atoms with E-state index in [1.807, 2.05) is 12.1 Å². The zero-order valence-corrected chi connectivity index (χ0v) is 13.1. The molecule has 3 N–H and O–H groups in total. The van der Waals surface area contributed by atoms with E-state index in [-0.39, 0.29) is 5.91 Å². The third-order valence-electron chi connectivity index (χ3n) is 4.64. The van der Waals surface area contributed by atoms with Gasteiger partial charge in [-0.1, -0.05) is 24.4 Å². The van der Waals surface area contributed by atoms with Crippen LogP contribution in [0.3, 0.4) is 0 Å². The van der Waals surface area contributed by atoms with Gasteiger partial charge in [0.2, 0.25) is 5.91 Å². The number of aryl methyl sites for hydroxylation is 1. The monoisotopic (exact) mass is 303 g/mol. The summed E-state index contributed by atoms with van der Waals surface area (Å²) >= 11 is 5.20. The molecule has 0 radical (unpaired) electrons. The molecule has 0 aliphatic carbocycles. The number of amides is 1. The molecule has 0 bridgehead atoms. The number of para-hydroxylation sites is 1. The quantitative estimate of drug-likeness (QED) is 0.817. The van der Waals surface area contributed by atoms with Crippen LogP contribution in [0.4, 0.5) is 5.69 Å². The fourth-order valence-corrected chi connectivity index (χ4v) is 3.76. The van der Waals surface area contributed by atoms with Crippen LogP contribution < -0.4 is 16.0 Å². The van der Waals surface area contributed by atoms with Gasteiger partial charge in [0.1, 0.15) is 4.99 Å². The zero-order chi connectivity index (χ0) is 15.0. The maximum atomic E-state index is 11.5. The van der Waals surface area contributed by atoms with Gasteiger partial charge in [-0.3, -0.25) is 4.79 Å². The zero-order valence-electron chi connectivity index (χ0n) is 12.3. The van der Waals surface area contributed by atoms with Crippen LogP contribution in [0.25, 0.3) is 0 Å². The topological polar surface area (TPSA) is 58.4 Å². The number of rotatable bonds is 2. The van der Waals surface area contributed by atoms with E-state index in [9.17, 15) is 4.79 Å². The molecule has 0 saturated carbocycles. The number of anilines is 1. The molecule has 0 spiro atoms. The first-order valence-electron chi connectivity index (χ1n) is 7.50. The number of nitrogens with one attached hydrogen (secondary N) is 1. The Labute approximate surface area is 130 Å². The highest BCUT2D eigenvalue weighted by Gasteiger charge is 2.34. The lowest BCUT2D eigenvalue weighted by Gasteiger charge is -2.43. The summed E-state index contributed by atoms with van der Waals surface area (Å²) in [6.07, 6.45) is 2.60. The van der Waals surface area contributed by atoms with Gasteiger partial charge in [-0.05, 0) is 37.3 Å². The number of benzene rings is 1. The lowest BCUT2D eigenvalue weighted by atomic mass is 9.84. The smallest absolute Gasteiger partial charge is 0.220 e. The van der Waals surface area contributed by atoms with Crippen LogP contribution in [-0.4, -0.2) is 30.0 Å². The second-order valence-corrected chi connectivity index (χ2v) is 6.48. The minimum absolute atomic E-state index is 0.199. The molecule has 1 aromatic carbocycles. The van der Waals surface area contributed by atoms with E-state index in [1.54, 1.807) is 0 Å². The van der Waals surface area contributed by atoms with E-state index < -0.39 is 0 Å². The Hall–Kier alpha value is -1.62. The Morgan fingerprint density at radius 1 is 1.43 bits per heavy atom. The summed E-state index contributed by atoms with van der Waals surface area (Å²) in [7, 11) is 0. The second-order valence-electron chi connectivity index (χ2n) is 6.04. The molecule has 1 amide bonds. The van der Waals surface area contributed by atoms with Crippen molar-refractivity contribution < 1.29 is 4.79 Å². The predicted octanol–water partition coefficient (Wildman–Crippen LogP) is 1.73. The number of carbonyl (C=O) groups excluding carboxylic acids is 1. The Bertz CT molecular complexity index is 587. The van der Waals surface area contributed by atoms with Crippen LogP contribution in [0.1, 0.15) is 30.4 Å². The standard InChI is InChI=1S/C16H21N3OS/c1-10-3-2-4-12(16(17)21)15(10)19-8-7-13-11(9-19)5-6-14(20)18-13/h2-4,11,13H,5-9H2,1H3,(H2,17,21)(H,18,20). The highest BCUT2D eigenvalue weighted by atomic mass is 32.1. The predicted molar refractivity (Wildman–Crippen MR) is 88.6 cm³/mol. The molecule has 3 rings (SSSR count). The van der Waals surface area contributed by atoms with Gasteiger partial charge < -0.3 is 16.0 Å². The molecule has 2 heterocycles. The fraction of sp³-hybridized carbons (Fsp3) is 0.500. The number of piperidine rings is 2. The van der Waals surface area contributed by atoms with Crippen LogP contribution in [0, 0.1) is 12.8 Å². The molecular formula is C16H21N3OS. The van der Waals surface area contributed by atoms with E-state index in [0.29, 0.717) is 23.4 Å². The van der Waals surface area contributed by atoms with Crippen molar-refractivity contribution in [2.24, 2.45) is 11.7 Å². The second kappa shape index (κ2) is 5.64. The molecule has 0 aromatic heterocycles. The highest BCUT2D eigenvalue weighted by molar-refractivity contribution is 7.80. The number of hydrogen-bond acceptors (Lipinski definition) is 3. The maximum Gasteiger partial charge on any atom is 0.220 e. The van der Waals surface area contributed by atoms with Crippen molar-refractivity contribution in [2.45, 2.75) is 32.2 Å². The summed E-state index contributed by atoms with van der Waals surface area (Å²) in [5, 5.41) is 3.13. The van der Waals surface area contributed by atoms with E-state index in [4.69, 9.17) is 18.0 Å². The summed E-state index contributed by atoms with van der Waals surface area (Å²) in [6.45, 7) is 4.00. The van der Waals surface area contributed by atoms with Gasteiger partial charge in [-0.15, -0.1) is 0 Å². The van der Waals surface area contributed by atoms with Crippen molar-refractivity contribution >= 4 is 28.8 Å². The number of nitrogens with two attached hydrogens (primary N) is 1. The average Bonchev–Trinajstić information content (AvgIpc) is 2.46. The van der Waals surface area contributed by atoms with Crippen LogP contribution in [-0.2, 0) is 4.79 Å². The van der Waals surface area contributed by atoms with Gasteiger partial charge in [0.05, 0.1) is 0 Å². The first-order chi connectivity index (χ1) is 10.1. The number of hydrogen-bond donors (Lipinski definition) is 2. The number of thiocarbonyl (C=S) groups is 1. The Morgan fingerprint density at radius 2 is 2.24 bits per heavy atom. The third kappa shape index (κ3) is 2.75. The summed E-state index contributed by atoms with van der Waals surface area (Å²) in [5.41, 5.74) is 9.22. The summed E-state index contributed by atoms with van der Waals surface area (Å²) in [6, 6.07) is 6.44. The van der Waals surface area contributed by atoms with Crippen LogP contribution in [0.15, 0.2) is 18.2 Å². The molecular weight excluding hydrogens is 282 g/mol. The molecule has 21 heavy (non-hydrogen) atoms. The van der Waals surface area contributed by atoms with Crippen molar-refractivity contribution in [3.8, 4) is 0 Å². The van der Waals surface area contributed by atoms with Crippen LogP contribution in [0.2, 0.25) is 0 Å². The maximum absolute atomic E-state index is 11.5. The first-order valence-corrected chi connectivity index (χ1v) is 7.91. The van der Waals surface area contributed by atoms with Crippen molar-refractivity contribution in [3.05, 3.63) is 29.3 Å². The van der Waals surface area contributed by atoms with Gasteiger partial charge >= 0.3 is 0 Å². The van der Waals surface area contributed by atoms with Crippen molar-refractivity contribution in [1.29, 1.82) is 0 Å². The van der Waals surface area contributed by atoms with E-state index >= 15 is 0 Å². The fourth-order valence-electron chi connectivity index (χ4n) is 3.59. The molecule has 4 nitrogen and oxygen atoms in total. The number of nitrogens with zero attached hydrogens (tertiary/aromatic N) is 1. The Morgan fingerprint density at radius 3 is 3.00 bits per heavy atom. The molecule has 5 heteroatoms. The molecule has 2 unspecified atom stereocenters. The molecule has 1 aromatic rings. The van der Waals surface area contributed by atoms with Gasteiger partial charge in [0, 0.05) is 36.8 Å². The van der Waals surface area contributed by atoms with Gasteiger partial charge in [0.25, 0.3) is 0 Å². The Kier molecular flexibility index (Phi) is 3.85. The van der Waals surface area contributed by atoms with Crippen molar-refractivity contribution in [2.75, 3.05) is 18.0 Å². The summed E-state index contributed by atoms with van der Waals surface area (Å²) in [5.74, 6) is 0.722. The highest BCUT2D eigenvalue weighted by Crippen LogP contribution is 2.32. The normalized spacial score (nSPS) is 25.2. The van der Waals surface area contributed by atoms with Gasteiger partial charge in [-0.2, -0.15) is 0 Å². The van der Waals surface area contributed by atoms with Crippen molar-refractivity contribution in [1.82, 2.24) is 5.32 Å². The van der Waals surface area contributed by atoms with Crippen LogP contribution >= 0.6 is 12.2 Å². The Balaban J connectivity index is 1.86. The van der Waals surface area contributed by atoms with Gasteiger partial charge in [-0.25, -0.2) is 0 Å². The van der Waals surface area contributed by atoms with E-state index in [0.717, 1.165) is 31.5 Å². The molecule has 112 valence electrons.